The number of anilines is 1. The van der Waals surface area contributed by atoms with Gasteiger partial charge < -0.3 is 5.32 Å². The highest BCUT2D eigenvalue weighted by Crippen LogP contribution is 2.27. The molecule has 0 unspecified atom stereocenters. The minimum atomic E-state index is 0.00787. The summed E-state index contributed by atoms with van der Waals surface area (Å²) in [7, 11) is 0. The Balaban J connectivity index is 1.62. The highest BCUT2D eigenvalue weighted by molar-refractivity contribution is 5.95. The molecule has 0 saturated carbocycles. The van der Waals surface area contributed by atoms with E-state index in [4.69, 9.17) is 0 Å². The van der Waals surface area contributed by atoms with Crippen molar-refractivity contribution in [2.24, 2.45) is 0 Å². The van der Waals surface area contributed by atoms with Crippen LogP contribution in [0.1, 0.15) is 12.8 Å². The van der Waals surface area contributed by atoms with Gasteiger partial charge in [0.1, 0.15) is 12.7 Å². The molecule has 0 atom stereocenters. The SMILES string of the molecule is O=C(CCCn1cncn1)Nc1ccccc1-c1ccccc1. The zero-order chi connectivity index (χ0) is 15.9. The summed E-state index contributed by atoms with van der Waals surface area (Å²) >= 11 is 0. The lowest BCUT2D eigenvalue weighted by Crippen LogP contribution is -2.13. The summed E-state index contributed by atoms with van der Waals surface area (Å²) in [5.41, 5.74) is 2.95. The maximum absolute atomic E-state index is 12.2. The molecule has 0 aliphatic heterocycles. The normalized spacial score (nSPS) is 10.4. The van der Waals surface area contributed by atoms with Crippen LogP contribution in [0.15, 0.2) is 67.3 Å². The van der Waals surface area contributed by atoms with Gasteiger partial charge in [-0.3, -0.25) is 9.48 Å². The van der Waals surface area contributed by atoms with Crippen LogP contribution in [-0.2, 0) is 11.3 Å². The van der Waals surface area contributed by atoms with Gasteiger partial charge in [-0.25, -0.2) is 4.98 Å². The van der Waals surface area contributed by atoms with Crippen molar-refractivity contribution in [3.8, 4) is 11.1 Å². The minimum Gasteiger partial charge on any atom is -0.326 e. The number of rotatable bonds is 6. The molecule has 0 radical (unpaired) electrons. The van der Waals surface area contributed by atoms with Crippen molar-refractivity contribution >= 4 is 11.6 Å². The first-order valence-corrected chi connectivity index (χ1v) is 7.59. The van der Waals surface area contributed by atoms with Crippen LogP contribution in [0.25, 0.3) is 11.1 Å². The molecule has 116 valence electrons. The Hall–Kier alpha value is -2.95. The van der Waals surface area contributed by atoms with E-state index in [1.54, 1.807) is 11.0 Å². The second kappa shape index (κ2) is 7.35. The smallest absolute Gasteiger partial charge is 0.224 e. The third-order valence-corrected chi connectivity index (χ3v) is 3.54. The molecule has 3 aromatic rings. The number of hydrogen-bond donors (Lipinski definition) is 1. The van der Waals surface area contributed by atoms with Crippen molar-refractivity contribution in [1.82, 2.24) is 14.8 Å². The summed E-state index contributed by atoms with van der Waals surface area (Å²) in [5.74, 6) is 0.00787. The van der Waals surface area contributed by atoms with Crippen molar-refractivity contribution in [3.05, 3.63) is 67.3 Å². The average molecular weight is 306 g/mol. The van der Waals surface area contributed by atoms with Gasteiger partial charge in [0, 0.05) is 24.2 Å². The van der Waals surface area contributed by atoms with E-state index in [0.29, 0.717) is 13.0 Å². The fourth-order valence-corrected chi connectivity index (χ4v) is 2.42. The van der Waals surface area contributed by atoms with Crippen molar-refractivity contribution in [2.75, 3.05) is 5.32 Å². The Morgan fingerprint density at radius 2 is 1.83 bits per heavy atom. The number of benzene rings is 2. The summed E-state index contributed by atoms with van der Waals surface area (Å²) in [6, 6.07) is 17.9. The fourth-order valence-electron chi connectivity index (χ4n) is 2.42. The van der Waals surface area contributed by atoms with Crippen LogP contribution >= 0.6 is 0 Å². The van der Waals surface area contributed by atoms with Crippen LogP contribution in [0.2, 0.25) is 0 Å². The van der Waals surface area contributed by atoms with Crippen molar-refractivity contribution in [1.29, 1.82) is 0 Å². The maximum Gasteiger partial charge on any atom is 0.224 e. The molecule has 1 amide bonds. The van der Waals surface area contributed by atoms with Crippen molar-refractivity contribution < 1.29 is 4.79 Å². The van der Waals surface area contributed by atoms with Gasteiger partial charge in [0.25, 0.3) is 0 Å². The lowest BCUT2D eigenvalue weighted by atomic mass is 10.0. The number of aryl methyl sites for hydroxylation is 1. The van der Waals surface area contributed by atoms with E-state index in [-0.39, 0.29) is 5.91 Å². The Morgan fingerprint density at radius 1 is 1.04 bits per heavy atom. The number of carbonyl (C=O) groups is 1. The van der Waals surface area contributed by atoms with Crippen LogP contribution in [0, 0.1) is 0 Å². The molecule has 1 heterocycles. The van der Waals surface area contributed by atoms with E-state index in [1.165, 1.54) is 6.33 Å². The number of carbonyl (C=O) groups excluding carboxylic acids is 1. The first kappa shape index (κ1) is 15.0. The number of para-hydroxylation sites is 1. The Labute approximate surface area is 135 Å². The average Bonchev–Trinajstić information content (AvgIpc) is 3.09. The third kappa shape index (κ3) is 4.03. The standard InChI is InChI=1S/C18H18N4O/c23-18(11-6-12-22-14-19-13-20-22)21-17-10-5-4-9-16(17)15-7-2-1-3-8-15/h1-5,7-10,13-14H,6,11-12H2,(H,21,23). The van der Waals surface area contributed by atoms with Gasteiger partial charge in [-0.1, -0.05) is 48.5 Å². The van der Waals surface area contributed by atoms with Gasteiger partial charge in [0.05, 0.1) is 0 Å². The first-order chi connectivity index (χ1) is 11.3. The largest absolute Gasteiger partial charge is 0.326 e. The summed E-state index contributed by atoms with van der Waals surface area (Å²) < 4.78 is 1.73. The summed E-state index contributed by atoms with van der Waals surface area (Å²) in [4.78, 5) is 16.1. The topological polar surface area (TPSA) is 59.8 Å². The molecule has 0 saturated heterocycles. The van der Waals surface area contributed by atoms with Gasteiger partial charge >= 0.3 is 0 Å². The second-order valence-corrected chi connectivity index (χ2v) is 5.22. The van der Waals surface area contributed by atoms with Gasteiger partial charge in [0.15, 0.2) is 0 Å². The molecule has 5 nitrogen and oxygen atoms in total. The second-order valence-electron chi connectivity index (χ2n) is 5.22. The quantitative estimate of drug-likeness (QED) is 0.759. The number of aromatic nitrogens is 3. The Morgan fingerprint density at radius 3 is 2.61 bits per heavy atom. The van der Waals surface area contributed by atoms with E-state index in [1.807, 2.05) is 54.6 Å². The third-order valence-electron chi connectivity index (χ3n) is 3.54. The van der Waals surface area contributed by atoms with Crippen LogP contribution in [0.4, 0.5) is 5.69 Å². The van der Waals surface area contributed by atoms with E-state index < -0.39 is 0 Å². The molecule has 1 aromatic heterocycles. The molecule has 1 N–H and O–H groups in total. The van der Waals surface area contributed by atoms with Crippen molar-refractivity contribution in [2.45, 2.75) is 19.4 Å². The molecule has 2 aromatic carbocycles. The lowest BCUT2D eigenvalue weighted by Gasteiger charge is -2.11. The number of nitrogens with zero attached hydrogens (tertiary/aromatic N) is 3. The maximum atomic E-state index is 12.2. The van der Waals surface area contributed by atoms with Gasteiger partial charge in [-0.05, 0) is 18.1 Å². The zero-order valence-corrected chi connectivity index (χ0v) is 12.7. The van der Waals surface area contributed by atoms with Crippen LogP contribution < -0.4 is 5.32 Å². The molecule has 0 bridgehead atoms. The predicted molar refractivity (Wildman–Crippen MR) is 89.8 cm³/mol. The molecular weight excluding hydrogens is 288 g/mol. The van der Waals surface area contributed by atoms with E-state index >= 15 is 0 Å². The minimum absolute atomic E-state index is 0.00787. The van der Waals surface area contributed by atoms with Crippen molar-refractivity contribution in [3.63, 3.8) is 0 Å². The van der Waals surface area contributed by atoms with E-state index in [0.717, 1.165) is 23.2 Å². The first-order valence-electron chi connectivity index (χ1n) is 7.59. The van der Waals surface area contributed by atoms with Gasteiger partial charge in [-0.2, -0.15) is 5.10 Å². The van der Waals surface area contributed by atoms with Gasteiger partial charge in [0.2, 0.25) is 5.91 Å². The Kier molecular flexibility index (Phi) is 4.79. The highest BCUT2D eigenvalue weighted by atomic mass is 16.1. The molecule has 3 rings (SSSR count). The Bertz CT molecular complexity index is 754. The van der Waals surface area contributed by atoms with E-state index in [2.05, 4.69) is 15.4 Å². The molecule has 5 heteroatoms. The lowest BCUT2D eigenvalue weighted by molar-refractivity contribution is -0.116. The monoisotopic (exact) mass is 306 g/mol. The highest BCUT2D eigenvalue weighted by Gasteiger charge is 2.08. The number of nitrogens with one attached hydrogen (secondary N) is 1. The molecule has 0 fully saturated rings. The predicted octanol–water partition coefficient (Wildman–Crippen LogP) is 3.36. The van der Waals surface area contributed by atoms with Crippen LogP contribution in [0.3, 0.4) is 0 Å². The van der Waals surface area contributed by atoms with E-state index in [9.17, 15) is 4.79 Å². The summed E-state index contributed by atoms with van der Waals surface area (Å²) in [6.07, 6.45) is 4.32. The summed E-state index contributed by atoms with van der Waals surface area (Å²) in [6.45, 7) is 0.688. The zero-order valence-electron chi connectivity index (χ0n) is 12.7. The molecule has 0 aliphatic carbocycles. The van der Waals surface area contributed by atoms with Crippen LogP contribution in [-0.4, -0.2) is 20.7 Å². The van der Waals surface area contributed by atoms with Gasteiger partial charge in [-0.15, -0.1) is 0 Å². The molecule has 0 aliphatic rings. The fraction of sp³-hybridized carbons (Fsp3) is 0.167. The summed E-state index contributed by atoms with van der Waals surface area (Å²) in [5, 5.41) is 7.03. The molecule has 23 heavy (non-hydrogen) atoms. The van der Waals surface area contributed by atoms with Crippen LogP contribution in [0.5, 0.6) is 0 Å². The molecule has 0 spiro atoms. The molecular formula is C18H18N4O. The number of hydrogen-bond acceptors (Lipinski definition) is 3. The number of amides is 1.